The number of piperidine rings is 2. The van der Waals surface area contributed by atoms with Crippen LogP contribution in [-0.4, -0.2) is 45.4 Å². The maximum Gasteiger partial charge on any atom is 0.227 e. The van der Waals surface area contributed by atoms with Gasteiger partial charge in [-0.1, -0.05) is 6.07 Å². The first kappa shape index (κ1) is 16.9. The van der Waals surface area contributed by atoms with E-state index in [1.165, 1.54) is 0 Å². The van der Waals surface area contributed by atoms with Gasteiger partial charge in [0.15, 0.2) is 0 Å². The Kier molecular flexibility index (Phi) is 5.09. The van der Waals surface area contributed by atoms with Gasteiger partial charge in [0.1, 0.15) is 0 Å². The molecule has 0 aliphatic carbocycles. The lowest BCUT2D eigenvalue weighted by molar-refractivity contribution is -0.139. The number of amides is 1. The van der Waals surface area contributed by atoms with Gasteiger partial charge < -0.3 is 9.80 Å². The summed E-state index contributed by atoms with van der Waals surface area (Å²) in [6.07, 6.45) is 12.4. The van der Waals surface area contributed by atoms with E-state index >= 15 is 0 Å². The number of hydrogen-bond donors (Lipinski definition) is 0. The molecule has 4 rings (SSSR count). The fourth-order valence-corrected chi connectivity index (χ4v) is 4.16. The Balaban J connectivity index is 1.50. The molecule has 2 atom stereocenters. The van der Waals surface area contributed by atoms with E-state index in [0.717, 1.165) is 56.7 Å². The normalized spacial score (nSPS) is 23.7. The standard InChI is InChI=1S/C20H25N5O/c26-19(17-7-4-12-24(15-17)20-22-10-5-11-23-20)25-13-2-1-8-18(25)16-6-3-9-21-14-16/h3,5-6,9-11,14,17-18H,1-2,4,7-8,12-13,15H2/t17?,18-/m1/s1. The van der Waals surface area contributed by atoms with Gasteiger partial charge in [0.2, 0.25) is 11.9 Å². The summed E-state index contributed by atoms with van der Waals surface area (Å²) in [5.74, 6) is 1.02. The molecular weight excluding hydrogens is 326 g/mol. The largest absolute Gasteiger partial charge is 0.340 e. The molecule has 0 saturated carbocycles. The zero-order valence-corrected chi connectivity index (χ0v) is 15.0. The van der Waals surface area contributed by atoms with E-state index in [4.69, 9.17) is 0 Å². The van der Waals surface area contributed by atoms with Crippen LogP contribution in [0.25, 0.3) is 0 Å². The molecule has 0 aromatic carbocycles. The molecule has 2 saturated heterocycles. The molecule has 136 valence electrons. The van der Waals surface area contributed by atoms with Gasteiger partial charge in [0, 0.05) is 44.4 Å². The van der Waals surface area contributed by atoms with Crippen molar-refractivity contribution in [3.05, 3.63) is 48.5 Å². The third kappa shape index (κ3) is 3.54. The minimum Gasteiger partial charge on any atom is -0.340 e. The van der Waals surface area contributed by atoms with Gasteiger partial charge in [-0.25, -0.2) is 9.97 Å². The lowest BCUT2D eigenvalue weighted by atomic mass is 9.91. The summed E-state index contributed by atoms with van der Waals surface area (Å²) in [5, 5.41) is 0. The van der Waals surface area contributed by atoms with Crippen LogP contribution in [0.1, 0.15) is 43.7 Å². The number of carbonyl (C=O) groups excluding carboxylic acids is 1. The summed E-state index contributed by atoms with van der Waals surface area (Å²) >= 11 is 0. The van der Waals surface area contributed by atoms with E-state index in [9.17, 15) is 4.79 Å². The Morgan fingerprint density at radius 2 is 1.88 bits per heavy atom. The highest BCUT2D eigenvalue weighted by molar-refractivity contribution is 5.80. The zero-order chi connectivity index (χ0) is 17.8. The zero-order valence-electron chi connectivity index (χ0n) is 15.0. The van der Waals surface area contributed by atoms with Crippen molar-refractivity contribution < 1.29 is 4.79 Å². The fourth-order valence-electron chi connectivity index (χ4n) is 4.16. The quantitative estimate of drug-likeness (QED) is 0.851. The van der Waals surface area contributed by atoms with Crippen molar-refractivity contribution in [3.63, 3.8) is 0 Å². The highest BCUT2D eigenvalue weighted by Gasteiger charge is 2.35. The maximum absolute atomic E-state index is 13.4. The van der Waals surface area contributed by atoms with E-state index < -0.39 is 0 Å². The molecule has 1 amide bonds. The van der Waals surface area contributed by atoms with Crippen molar-refractivity contribution in [3.8, 4) is 0 Å². The number of hydrogen-bond acceptors (Lipinski definition) is 5. The number of anilines is 1. The predicted octanol–water partition coefficient (Wildman–Crippen LogP) is 2.84. The second kappa shape index (κ2) is 7.81. The topological polar surface area (TPSA) is 62.2 Å². The van der Waals surface area contributed by atoms with Gasteiger partial charge in [-0.3, -0.25) is 9.78 Å². The van der Waals surface area contributed by atoms with Crippen molar-refractivity contribution in [2.24, 2.45) is 5.92 Å². The van der Waals surface area contributed by atoms with Gasteiger partial charge in [-0.15, -0.1) is 0 Å². The van der Waals surface area contributed by atoms with Crippen LogP contribution in [0, 0.1) is 5.92 Å². The Morgan fingerprint density at radius 1 is 1.00 bits per heavy atom. The Morgan fingerprint density at radius 3 is 2.69 bits per heavy atom. The Bertz CT molecular complexity index is 723. The molecule has 0 radical (unpaired) electrons. The van der Waals surface area contributed by atoms with Crippen LogP contribution in [-0.2, 0) is 4.79 Å². The fraction of sp³-hybridized carbons (Fsp3) is 0.500. The van der Waals surface area contributed by atoms with Gasteiger partial charge in [-0.2, -0.15) is 0 Å². The molecule has 2 aromatic heterocycles. The van der Waals surface area contributed by atoms with E-state index in [1.807, 2.05) is 18.3 Å². The minimum atomic E-state index is 0.0184. The molecule has 1 unspecified atom stereocenters. The summed E-state index contributed by atoms with van der Waals surface area (Å²) in [6, 6.07) is 6.03. The SMILES string of the molecule is O=C(C1CCCN(c2ncccn2)C1)N1CCCC[C@@H]1c1cccnc1. The van der Waals surface area contributed by atoms with Crippen molar-refractivity contribution >= 4 is 11.9 Å². The first-order valence-electron chi connectivity index (χ1n) is 9.55. The number of nitrogens with zero attached hydrogens (tertiary/aromatic N) is 5. The van der Waals surface area contributed by atoms with Crippen molar-refractivity contribution in [1.82, 2.24) is 19.9 Å². The summed E-state index contributed by atoms with van der Waals surface area (Å²) < 4.78 is 0. The maximum atomic E-state index is 13.4. The molecule has 0 N–H and O–H groups in total. The third-order valence-corrected chi connectivity index (χ3v) is 5.46. The van der Waals surface area contributed by atoms with Crippen molar-refractivity contribution in [2.75, 3.05) is 24.5 Å². The van der Waals surface area contributed by atoms with E-state index in [1.54, 1.807) is 18.6 Å². The molecular formula is C20H25N5O. The van der Waals surface area contributed by atoms with Crippen LogP contribution in [0.5, 0.6) is 0 Å². The van der Waals surface area contributed by atoms with Crippen LogP contribution in [0.3, 0.4) is 0 Å². The van der Waals surface area contributed by atoms with Crippen LogP contribution in [0.15, 0.2) is 43.0 Å². The molecule has 26 heavy (non-hydrogen) atoms. The molecule has 0 bridgehead atoms. The Labute approximate surface area is 154 Å². The van der Waals surface area contributed by atoms with E-state index in [0.29, 0.717) is 6.54 Å². The summed E-state index contributed by atoms with van der Waals surface area (Å²) in [5.41, 5.74) is 1.15. The summed E-state index contributed by atoms with van der Waals surface area (Å²) in [7, 11) is 0. The smallest absolute Gasteiger partial charge is 0.227 e. The molecule has 2 aliphatic heterocycles. The third-order valence-electron chi connectivity index (χ3n) is 5.46. The molecule has 4 heterocycles. The molecule has 6 heteroatoms. The minimum absolute atomic E-state index is 0.0184. The summed E-state index contributed by atoms with van der Waals surface area (Å²) in [4.78, 5) is 30.6. The number of aromatic nitrogens is 3. The molecule has 6 nitrogen and oxygen atoms in total. The molecule has 2 aromatic rings. The molecule has 0 spiro atoms. The van der Waals surface area contributed by atoms with E-state index in [-0.39, 0.29) is 17.9 Å². The average molecular weight is 351 g/mol. The number of likely N-dealkylation sites (tertiary alicyclic amines) is 1. The van der Waals surface area contributed by atoms with Crippen LogP contribution < -0.4 is 4.90 Å². The highest BCUT2D eigenvalue weighted by atomic mass is 16.2. The molecule has 2 fully saturated rings. The van der Waals surface area contributed by atoms with Crippen LogP contribution in [0.4, 0.5) is 5.95 Å². The number of rotatable bonds is 3. The van der Waals surface area contributed by atoms with Gasteiger partial charge in [0.25, 0.3) is 0 Å². The number of pyridine rings is 1. The second-order valence-corrected chi connectivity index (χ2v) is 7.16. The number of carbonyl (C=O) groups is 1. The van der Waals surface area contributed by atoms with Crippen LogP contribution in [0.2, 0.25) is 0 Å². The Hall–Kier alpha value is -2.50. The summed E-state index contributed by atoms with van der Waals surface area (Å²) in [6.45, 7) is 2.47. The first-order valence-corrected chi connectivity index (χ1v) is 9.55. The van der Waals surface area contributed by atoms with Crippen molar-refractivity contribution in [1.29, 1.82) is 0 Å². The second-order valence-electron chi connectivity index (χ2n) is 7.16. The lowest BCUT2D eigenvalue weighted by Crippen LogP contribution is -2.47. The average Bonchev–Trinajstić information content (AvgIpc) is 2.74. The van der Waals surface area contributed by atoms with E-state index in [2.05, 4.69) is 30.8 Å². The van der Waals surface area contributed by atoms with Crippen molar-refractivity contribution in [2.45, 2.75) is 38.1 Å². The van der Waals surface area contributed by atoms with Gasteiger partial charge >= 0.3 is 0 Å². The lowest BCUT2D eigenvalue weighted by Gasteiger charge is -2.40. The van der Waals surface area contributed by atoms with Gasteiger partial charge in [-0.05, 0) is 49.8 Å². The first-order chi connectivity index (χ1) is 12.8. The monoisotopic (exact) mass is 351 g/mol. The molecule has 2 aliphatic rings. The van der Waals surface area contributed by atoms with Crippen LogP contribution >= 0.6 is 0 Å². The van der Waals surface area contributed by atoms with Gasteiger partial charge in [0.05, 0.1) is 12.0 Å². The predicted molar refractivity (Wildman–Crippen MR) is 99.5 cm³/mol. The highest BCUT2D eigenvalue weighted by Crippen LogP contribution is 2.33.